The Morgan fingerprint density at radius 1 is 1.26 bits per heavy atom. The van der Waals surface area contributed by atoms with Crippen LogP contribution in [-0.2, 0) is 11.4 Å². The number of esters is 1. The molecule has 7 heteroatoms. The van der Waals surface area contributed by atoms with Gasteiger partial charge < -0.3 is 14.4 Å². The third kappa shape index (κ3) is 3.23. The molecule has 1 aliphatic rings. The highest BCUT2D eigenvalue weighted by molar-refractivity contribution is 5.87. The van der Waals surface area contributed by atoms with Gasteiger partial charge in [0, 0.05) is 5.56 Å². The van der Waals surface area contributed by atoms with Gasteiger partial charge in [-0.15, -0.1) is 10.2 Å². The number of methoxy groups -OCH3 is 1. The lowest BCUT2D eigenvalue weighted by Crippen LogP contribution is -2.54. The summed E-state index contributed by atoms with van der Waals surface area (Å²) in [5, 5.41) is 7.84. The second-order valence-electron chi connectivity index (χ2n) is 5.15. The first-order chi connectivity index (χ1) is 11.2. The number of halogens is 1. The molecule has 23 heavy (non-hydrogen) atoms. The summed E-state index contributed by atoms with van der Waals surface area (Å²) in [6, 6.07) is 10.4. The maximum atomic E-state index is 12.9. The van der Waals surface area contributed by atoms with Crippen molar-refractivity contribution in [1.82, 2.24) is 10.2 Å². The molecule has 1 fully saturated rings. The summed E-state index contributed by atoms with van der Waals surface area (Å²) in [6.07, 6.45) is -0.0233. The molecular formula is C16H16FN3O3. The van der Waals surface area contributed by atoms with Gasteiger partial charge in [-0.3, -0.25) is 0 Å². The fourth-order valence-electron chi connectivity index (χ4n) is 2.32. The molecule has 1 aromatic heterocycles. The minimum atomic E-state index is -0.549. The van der Waals surface area contributed by atoms with Gasteiger partial charge in [-0.25, -0.2) is 9.18 Å². The molecule has 1 aliphatic heterocycles. The molecule has 1 saturated heterocycles. The average Bonchev–Trinajstić information content (AvgIpc) is 2.57. The number of hydrogen-bond acceptors (Lipinski definition) is 6. The zero-order valence-corrected chi connectivity index (χ0v) is 12.6. The molecule has 0 saturated carbocycles. The van der Waals surface area contributed by atoms with Crippen molar-refractivity contribution in [3.63, 3.8) is 0 Å². The summed E-state index contributed by atoms with van der Waals surface area (Å²) in [4.78, 5) is 13.3. The highest BCUT2D eigenvalue weighted by atomic mass is 19.1. The number of aromatic nitrogens is 2. The summed E-state index contributed by atoms with van der Waals surface area (Å²) in [5.41, 5.74) is 0.717. The van der Waals surface area contributed by atoms with Crippen LogP contribution in [0.4, 0.5) is 10.2 Å². The molecule has 0 bridgehead atoms. The monoisotopic (exact) mass is 317 g/mol. The third-order valence-corrected chi connectivity index (χ3v) is 3.63. The first kappa shape index (κ1) is 15.2. The molecular weight excluding hydrogens is 301 g/mol. The van der Waals surface area contributed by atoms with Crippen LogP contribution in [0.3, 0.4) is 0 Å². The van der Waals surface area contributed by atoms with Crippen LogP contribution in [0.15, 0.2) is 36.4 Å². The number of hydrogen-bond donors (Lipinski definition) is 0. The van der Waals surface area contributed by atoms with E-state index in [1.165, 1.54) is 7.11 Å². The SMILES string of the molecule is COC(=O)c1ccc(N2CC(Oc3ccccc3CF)C2)nn1. The topological polar surface area (TPSA) is 64.5 Å². The lowest BCUT2D eigenvalue weighted by molar-refractivity contribution is 0.0592. The lowest BCUT2D eigenvalue weighted by Gasteiger charge is -2.39. The fraction of sp³-hybridized carbons (Fsp3) is 0.312. The van der Waals surface area contributed by atoms with E-state index in [1.807, 2.05) is 11.0 Å². The van der Waals surface area contributed by atoms with Crippen LogP contribution >= 0.6 is 0 Å². The summed E-state index contributed by atoms with van der Waals surface area (Å²) in [6.45, 7) is 0.715. The predicted octanol–water partition coefficient (Wildman–Crippen LogP) is 2.00. The Morgan fingerprint density at radius 2 is 2.04 bits per heavy atom. The summed E-state index contributed by atoms with van der Waals surface area (Å²) in [7, 11) is 1.30. The Bertz CT molecular complexity index is 687. The molecule has 0 N–H and O–H groups in total. The molecule has 2 aromatic rings. The van der Waals surface area contributed by atoms with Gasteiger partial charge >= 0.3 is 5.97 Å². The van der Waals surface area contributed by atoms with Crippen LogP contribution in [0, 0.1) is 0 Å². The highest BCUT2D eigenvalue weighted by Gasteiger charge is 2.30. The normalized spacial score (nSPS) is 14.3. The molecule has 0 atom stereocenters. The smallest absolute Gasteiger partial charge is 0.358 e. The number of carbonyl (C=O) groups excluding carboxylic acids is 1. The van der Waals surface area contributed by atoms with Crippen LogP contribution in [0.1, 0.15) is 16.1 Å². The van der Waals surface area contributed by atoms with Crippen molar-refractivity contribution in [1.29, 1.82) is 0 Å². The molecule has 2 heterocycles. The van der Waals surface area contributed by atoms with Crippen LogP contribution in [-0.4, -0.2) is 42.5 Å². The van der Waals surface area contributed by atoms with E-state index < -0.39 is 12.6 Å². The van der Waals surface area contributed by atoms with Gasteiger partial charge in [-0.2, -0.15) is 0 Å². The van der Waals surface area contributed by atoms with Crippen molar-refractivity contribution in [3.8, 4) is 5.75 Å². The van der Waals surface area contributed by atoms with Gasteiger partial charge in [0.2, 0.25) is 0 Å². The van der Waals surface area contributed by atoms with Gasteiger partial charge in [0.25, 0.3) is 0 Å². The Morgan fingerprint density at radius 3 is 2.70 bits per heavy atom. The number of alkyl halides is 1. The second kappa shape index (κ2) is 6.60. The first-order valence-corrected chi connectivity index (χ1v) is 7.18. The molecule has 0 aliphatic carbocycles. The van der Waals surface area contributed by atoms with Crippen molar-refractivity contribution in [2.75, 3.05) is 25.1 Å². The molecule has 1 aromatic carbocycles. The number of carbonyl (C=O) groups is 1. The lowest BCUT2D eigenvalue weighted by atomic mass is 10.1. The van der Waals surface area contributed by atoms with Crippen LogP contribution < -0.4 is 9.64 Å². The molecule has 3 rings (SSSR count). The van der Waals surface area contributed by atoms with Crippen LogP contribution in [0.25, 0.3) is 0 Å². The summed E-state index contributed by atoms with van der Waals surface area (Å²) in [5.74, 6) is 0.722. The third-order valence-electron chi connectivity index (χ3n) is 3.63. The summed E-state index contributed by atoms with van der Waals surface area (Å²) >= 11 is 0. The fourth-order valence-corrected chi connectivity index (χ4v) is 2.32. The molecule has 0 radical (unpaired) electrons. The van der Waals surface area contributed by atoms with Gasteiger partial charge in [0.15, 0.2) is 11.5 Å². The van der Waals surface area contributed by atoms with Crippen molar-refractivity contribution in [2.24, 2.45) is 0 Å². The number of anilines is 1. The standard InChI is InChI=1S/C16H16FN3O3/c1-22-16(21)13-6-7-15(19-18-13)20-9-12(10-20)23-14-5-3-2-4-11(14)8-17/h2-7,12H,8-10H2,1H3. The minimum absolute atomic E-state index is 0.0233. The predicted molar refractivity (Wildman–Crippen MR) is 81.3 cm³/mol. The number of ether oxygens (including phenoxy) is 2. The first-order valence-electron chi connectivity index (χ1n) is 7.18. The maximum Gasteiger partial charge on any atom is 0.358 e. The Labute approximate surface area is 132 Å². The molecule has 0 amide bonds. The zero-order valence-electron chi connectivity index (χ0n) is 12.6. The van der Waals surface area contributed by atoms with Crippen molar-refractivity contribution in [3.05, 3.63) is 47.7 Å². The number of nitrogens with zero attached hydrogens (tertiary/aromatic N) is 3. The van der Waals surface area contributed by atoms with E-state index in [9.17, 15) is 9.18 Å². The number of para-hydroxylation sites is 1. The van der Waals surface area contributed by atoms with Crippen molar-refractivity contribution in [2.45, 2.75) is 12.8 Å². The number of benzene rings is 1. The highest BCUT2D eigenvalue weighted by Crippen LogP contribution is 2.25. The quantitative estimate of drug-likeness (QED) is 0.786. The second-order valence-corrected chi connectivity index (χ2v) is 5.15. The van der Waals surface area contributed by atoms with Gasteiger partial charge in [-0.05, 0) is 18.2 Å². The van der Waals surface area contributed by atoms with E-state index in [4.69, 9.17) is 4.74 Å². The van der Waals surface area contributed by atoms with Crippen LogP contribution in [0.2, 0.25) is 0 Å². The van der Waals surface area contributed by atoms with E-state index >= 15 is 0 Å². The summed E-state index contributed by atoms with van der Waals surface area (Å²) < 4.78 is 23.3. The Kier molecular flexibility index (Phi) is 4.36. The van der Waals surface area contributed by atoms with Crippen LogP contribution in [0.5, 0.6) is 5.75 Å². The molecule has 120 valence electrons. The van der Waals surface area contributed by atoms with Gasteiger partial charge in [0.1, 0.15) is 18.5 Å². The average molecular weight is 317 g/mol. The molecule has 0 unspecified atom stereocenters. The zero-order chi connectivity index (χ0) is 16.2. The molecule has 0 spiro atoms. The van der Waals surface area contributed by atoms with Crippen molar-refractivity contribution < 1.29 is 18.7 Å². The minimum Gasteiger partial charge on any atom is -0.486 e. The number of rotatable bonds is 5. The van der Waals surface area contributed by atoms with Crippen molar-refractivity contribution >= 4 is 11.8 Å². The largest absolute Gasteiger partial charge is 0.486 e. The molecule has 6 nitrogen and oxygen atoms in total. The van der Waals surface area contributed by atoms with E-state index in [0.717, 1.165) is 0 Å². The van der Waals surface area contributed by atoms with E-state index in [2.05, 4.69) is 14.9 Å². The van der Waals surface area contributed by atoms with E-state index in [0.29, 0.717) is 30.2 Å². The maximum absolute atomic E-state index is 12.9. The van der Waals surface area contributed by atoms with E-state index in [1.54, 1.807) is 30.3 Å². The van der Waals surface area contributed by atoms with E-state index in [-0.39, 0.29) is 11.8 Å². The van der Waals surface area contributed by atoms with Gasteiger partial charge in [0.05, 0.1) is 20.2 Å². The Balaban J connectivity index is 1.57. The van der Waals surface area contributed by atoms with Gasteiger partial charge in [-0.1, -0.05) is 18.2 Å². The Hall–Kier alpha value is -2.70.